The van der Waals surface area contributed by atoms with Crippen molar-refractivity contribution in [2.45, 2.75) is 38.8 Å². The molecule has 1 aliphatic rings. The van der Waals surface area contributed by atoms with Crippen LogP contribution in [0, 0.1) is 12.7 Å². The summed E-state index contributed by atoms with van der Waals surface area (Å²) in [5.41, 5.74) is 5.54. The Hall–Kier alpha value is -2.53. The van der Waals surface area contributed by atoms with Crippen molar-refractivity contribution in [1.82, 2.24) is 19.7 Å². The summed E-state index contributed by atoms with van der Waals surface area (Å²) in [6.07, 6.45) is 4.87. The molecule has 0 unspecified atom stereocenters. The lowest BCUT2D eigenvalue weighted by Crippen LogP contribution is -2.25. The van der Waals surface area contributed by atoms with E-state index in [-0.39, 0.29) is 5.82 Å². The van der Waals surface area contributed by atoms with Crippen LogP contribution in [0.4, 0.5) is 4.39 Å². The zero-order chi connectivity index (χ0) is 18.8. The van der Waals surface area contributed by atoms with Gasteiger partial charge in [0.2, 0.25) is 0 Å². The maximum Gasteiger partial charge on any atom is 0.123 e. The van der Waals surface area contributed by atoms with Gasteiger partial charge in [-0.15, -0.1) is 0 Å². The Kier molecular flexibility index (Phi) is 5.03. The zero-order valence-corrected chi connectivity index (χ0v) is 15.9. The second-order valence-corrected chi connectivity index (χ2v) is 7.42. The molecule has 1 saturated heterocycles. The SMILES string of the molecule is Cc1cc(Cc2cccc(F)c2)cc([C@@H]2CCCN2Cc2ccnn2C)n1. The maximum atomic E-state index is 13.5. The van der Waals surface area contributed by atoms with Crippen LogP contribution in [0.3, 0.4) is 0 Å². The van der Waals surface area contributed by atoms with E-state index >= 15 is 0 Å². The average Bonchev–Trinajstić information content (AvgIpc) is 3.24. The number of halogens is 1. The van der Waals surface area contributed by atoms with Gasteiger partial charge in [-0.1, -0.05) is 12.1 Å². The number of rotatable bonds is 5. The smallest absolute Gasteiger partial charge is 0.123 e. The van der Waals surface area contributed by atoms with Crippen LogP contribution in [0.25, 0.3) is 0 Å². The van der Waals surface area contributed by atoms with Gasteiger partial charge in [-0.05, 0) is 74.2 Å². The van der Waals surface area contributed by atoms with E-state index in [9.17, 15) is 4.39 Å². The summed E-state index contributed by atoms with van der Waals surface area (Å²) < 4.78 is 15.5. The van der Waals surface area contributed by atoms with E-state index < -0.39 is 0 Å². The van der Waals surface area contributed by atoms with Crippen LogP contribution in [0.2, 0.25) is 0 Å². The Balaban J connectivity index is 1.57. The lowest BCUT2D eigenvalue weighted by atomic mass is 10.0. The molecule has 3 aromatic rings. The van der Waals surface area contributed by atoms with Gasteiger partial charge in [0.1, 0.15) is 5.82 Å². The third-order valence-corrected chi connectivity index (χ3v) is 5.32. The molecule has 0 amide bonds. The van der Waals surface area contributed by atoms with E-state index in [2.05, 4.69) is 28.2 Å². The largest absolute Gasteiger partial charge is 0.289 e. The Bertz CT molecular complexity index is 934. The number of pyridine rings is 1. The molecule has 1 fully saturated rings. The molecule has 140 valence electrons. The predicted octanol–water partition coefficient (Wildman–Crippen LogP) is 4.19. The van der Waals surface area contributed by atoms with E-state index in [0.29, 0.717) is 6.04 Å². The van der Waals surface area contributed by atoms with E-state index in [1.54, 1.807) is 12.1 Å². The highest BCUT2D eigenvalue weighted by Crippen LogP contribution is 2.33. The predicted molar refractivity (Wildman–Crippen MR) is 104 cm³/mol. The van der Waals surface area contributed by atoms with Crippen molar-refractivity contribution in [3.63, 3.8) is 0 Å². The van der Waals surface area contributed by atoms with Crippen LogP contribution >= 0.6 is 0 Å². The summed E-state index contributed by atoms with van der Waals surface area (Å²) in [6.45, 7) is 4.00. The van der Waals surface area contributed by atoms with Crippen LogP contribution in [0.1, 0.15) is 47.1 Å². The summed E-state index contributed by atoms with van der Waals surface area (Å²) in [7, 11) is 1.99. The minimum Gasteiger partial charge on any atom is -0.289 e. The first-order valence-corrected chi connectivity index (χ1v) is 9.51. The number of hydrogen-bond acceptors (Lipinski definition) is 3. The van der Waals surface area contributed by atoms with Crippen LogP contribution in [0.5, 0.6) is 0 Å². The fourth-order valence-corrected chi connectivity index (χ4v) is 4.04. The van der Waals surface area contributed by atoms with Crippen molar-refractivity contribution in [2.24, 2.45) is 7.05 Å². The molecule has 0 bridgehead atoms. The average molecular weight is 364 g/mol. The van der Waals surface area contributed by atoms with Gasteiger partial charge in [0, 0.05) is 25.5 Å². The van der Waals surface area contributed by atoms with Crippen LogP contribution in [-0.4, -0.2) is 26.2 Å². The highest BCUT2D eigenvalue weighted by molar-refractivity contribution is 5.30. The van der Waals surface area contributed by atoms with Crippen molar-refractivity contribution in [1.29, 1.82) is 0 Å². The van der Waals surface area contributed by atoms with Crippen molar-refractivity contribution >= 4 is 0 Å². The highest BCUT2D eigenvalue weighted by atomic mass is 19.1. The fraction of sp³-hybridized carbons (Fsp3) is 0.364. The first-order chi connectivity index (χ1) is 13.1. The summed E-state index contributed by atoms with van der Waals surface area (Å²) in [4.78, 5) is 7.33. The molecular formula is C22H25FN4. The van der Waals surface area contributed by atoms with E-state index in [0.717, 1.165) is 42.9 Å². The Morgan fingerprint density at radius 2 is 2.04 bits per heavy atom. The van der Waals surface area contributed by atoms with Gasteiger partial charge in [0.05, 0.1) is 17.4 Å². The third-order valence-electron chi connectivity index (χ3n) is 5.32. The van der Waals surface area contributed by atoms with E-state index in [1.807, 2.05) is 30.9 Å². The summed E-state index contributed by atoms with van der Waals surface area (Å²) in [6, 6.07) is 13.6. The van der Waals surface area contributed by atoms with Gasteiger partial charge in [0.15, 0.2) is 0 Å². The monoisotopic (exact) mass is 364 g/mol. The summed E-state index contributed by atoms with van der Waals surface area (Å²) in [5, 5.41) is 4.28. The minimum atomic E-state index is -0.184. The molecule has 0 saturated carbocycles. The standard InChI is InChI=1S/C22H25FN4/c1-16-11-18(12-17-5-3-6-19(23)13-17)14-21(25-16)22-7-4-10-27(22)15-20-8-9-24-26(20)2/h3,5-6,8-9,11,13-14,22H,4,7,10,12,15H2,1-2H3/t22-/m0/s1. The van der Waals surface area contributed by atoms with Crippen molar-refractivity contribution in [2.75, 3.05) is 6.54 Å². The van der Waals surface area contributed by atoms with Crippen LogP contribution in [0.15, 0.2) is 48.7 Å². The molecule has 3 heterocycles. The third kappa shape index (κ3) is 4.08. The van der Waals surface area contributed by atoms with Gasteiger partial charge in [-0.25, -0.2) is 4.39 Å². The second kappa shape index (κ2) is 7.61. The lowest BCUT2D eigenvalue weighted by molar-refractivity contribution is 0.238. The van der Waals surface area contributed by atoms with Crippen molar-refractivity contribution in [3.8, 4) is 0 Å². The number of benzene rings is 1. The molecular weight excluding hydrogens is 339 g/mol. The Labute approximate surface area is 159 Å². The molecule has 1 atom stereocenters. The Morgan fingerprint density at radius 3 is 2.81 bits per heavy atom. The number of aryl methyl sites for hydroxylation is 2. The maximum absolute atomic E-state index is 13.5. The quantitative estimate of drug-likeness (QED) is 0.681. The number of aromatic nitrogens is 3. The van der Waals surface area contributed by atoms with E-state index in [1.165, 1.54) is 23.7 Å². The second-order valence-electron chi connectivity index (χ2n) is 7.42. The van der Waals surface area contributed by atoms with Gasteiger partial charge in [-0.3, -0.25) is 14.6 Å². The summed E-state index contributed by atoms with van der Waals surface area (Å²) >= 11 is 0. The van der Waals surface area contributed by atoms with Gasteiger partial charge < -0.3 is 0 Å². The summed E-state index contributed by atoms with van der Waals surface area (Å²) in [5.74, 6) is -0.184. The van der Waals surface area contributed by atoms with Crippen molar-refractivity contribution in [3.05, 3.63) is 82.7 Å². The van der Waals surface area contributed by atoms with Crippen LogP contribution in [-0.2, 0) is 20.0 Å². The first-order valence-electron chi connectivity index (χ1n) is 9.51. The molecule has 1 aromatic carbocycles. The van der Waals surface area contributed by atoms with Gasteiger partial charge in [-0.2, -0.15) is 5.10 Å². The number of nitrogens with zero attached hydrogens (tertiary/aromatic N) is 4. The molecule has 4 nitrogen and oxygen atoms in total. The molecule has 27 heavy (non-hydrogen) atoms. The van der Waals surface area contributed by atoms with Crippen LogP contribution < -0.4 is 0 Å². The molecule has 5 heteroatoms. The lowest BCUT2D eigenvalue weighted by Gasteiger charge is -2.24. The molecule has 0 N–H and O–H groups in total. The molecule has 0 spiro atoms. The van der Waals surface area contributed by atoms with Gasteiger partial charge >= 0.3 is 0 Å². The topological polar surface area (TPSA) is 34.0 Å². The first kappa shape index (κ1) is 17.9. The molecule has 0 aliphatic carbocycles. The van der Waals surface area contributed by atoms with E-state index in [4.69, 9.17) is 4.98 Å². The fourth-order valence-electron chi connectivity index (χ4n) is 4.04. The van der Waals surface area contributed by atoms with Gasteiger partial charge in [0.25, 0.3) is 0 Å². The number of hydrogen-bond donors (Lipinski definition) is 0. The zero-order valence-electron chi connectivity index (χ0n) is 15.9. The molecule has 1 aliphatic heterocycles. The molecule has 0 radical (unpaired) electrons. The number of likely N-dealkylation sites (tertiary alicyclic amines) is 1. The minimum absolute atomic E-state index is 0.184. The Morgan fingerprint density at radius 1 is 1.15 bits per heavy atom. The normalized spacial score (nSPS) is 17.5. The highest BCUT2D eigenvalue weighted by Gasteiger charge is 2.28. The molecule has 4 rings (SSSR count). The van der Waals surface area contributed by atoms with Crippen molar-refractivity contribution < 1.29 is 4.39 Å². The molecule has 2 aromatic heterocycles.